The van der Waals surface area contributed by atoms with Gasteiger partial charge in [0, 0.05) is 5.92 Å². The molecule has 1 saturated carbocycles. The molecule has 3 nitrogen and oxygen atoms in total. The molecule has 0 N–H and O–H groups in total. The van der Waals surface area contributed by atoms with Crippen LogP contribution in [0.5, 0.6) is 0 Å². The number of anilines is 2. The highest BCUT2D eigenvalue weighted by Gasteiger charge is 2.32. The van der Waals surface area contributed by atoms with Crippen molar-refractivity contribution in [3.05, 3.63) is 54.6 Å². The topological polar surface area (TPSA) is 33.2 Å². The summed E-state index contributed by atoms with van der Waals surface area (Å²) in [4.78, 5) is 19.4. The van der Waals surface area contributed by atoms with Gasteiger partial charge < -0.3 is 0 Å². The Hall–Kier alpha value is -2.20. The van der Waals surface area contributed by atoms with Crippen molar-refractivity contribution in [2.24, 2.45) is 5.92 Å². The van der Waals surface area contributed by atoms with Crippen LogP contribution in [0.25, 0.3) is 10.2 Å². The van der Waals surface area contributed by atoms with Crippen molar-refractivity contribution < 1.29 is 4.79 Å². The molecule has 0 aliphatic heterocycles. The fraction of sp³-hybridized carbons (Fsp3) is 0.222. The minimum absolute atomic E-state index is 0.146. The monoisotopic (exact) mass is 308 g/mol. The molecule has 22 heavy (non-hydrogen) atoms. The van der Waals surface area contributed by atoms with Gasteiger partial charge >= 0.3 is 0 Å². The van der Waals surface area contributed by atoms with E-state index in [1.54, 1.807) is 16.2 Å². The van der Waals surface area contributed by atoms with Crippen LogP contribution in [-0.2, 0) is 4.79 Å². The van der Waals surface area contributed by atoms with Crippen LogP contribution in [0.3, 0.4) is 0 Å². The van der Waals surface area contributed by atoms with Gasteiger partial charge in [-0.3, -0.25) is 9.69 Å². The van der Waals surface area contributed by atoms with Crippen LogP contribution < -0.4 is 4.90 Å². The van der Waals surface area contributed by atoms with Crippen molar-refractivity contribution in [2.45, 2.75) is 19.3 Å². The van der Waals surface area contributed by atoms with E-state index in [9.17, 15) is 4.79 Å². The summed E-state index contributed by atoms with van der Waals surface area (Å²) in [5, 5.41) is 0.768. The number of hydrogen-bond acceptors (Lipinski definition) is 3. The number of nitrogens with zero attached hydrogens (tertiary/aromatic N) is 2. The van der Waals surface area contributed by atoms with Crippen LogP contribution in [0.4, 0.5) is 10.8 Å². The average Bonchev–Trinajstić information content (AvgIpc) is 2.90. The summed E-state index contributed by atoms with van der Waals surface area (Å²) in [6, 6.07) is 17.9. The Morgan fingerprint density at radius 3 is 2.45 bits per heavy atom. The van der Waals surface area contributed by atoms with Gasteiger partial charge in [-0.15, -0.1) is 0 Å². The standard InChI is InChI=1S/C18H16N2OS/c21-17(13-7-6-8-13)20(14-9-2-1-3-10-14)18-19-15-11-4-5-12-16(15)22-18/h1-5,9-13H,6-8H2. The number of thiazole rings is 1. The number of carbonyl (C=O) groups excluding carboxylic acids is 1. The average molecular weight is 308 g/mol. The van der Waals surface area contributed by atoms with Gasteiger partial charge in [0.1, 0.15) is 0 Å². The summed E-state index contributed by atoms with van der Waals surface area (Å²) in [5.41, 5.74) is 1.85. The van der Waals surface area contributed by atoms with Crippen LogP contribution in [0.15, 0.2) is 54.6 Å². The molecular weight excluding hydrogens is 292 g/mol. The van der Waals surface area contributed by atoms with Gasteiger partial charge in [-0.2, -0.15) is 0 Å². The van der Waals surface area contributed by atoms with E-state index in [1.165, 1.54) is 0 Å². The van der Waals surface area contributed by atoms with E-state index >= 15 is 0 Å². The SMILES string of the molecule is O=C(C1CCC1)N(c1ccccc1)c1nc2ccccc2s1. The van der Waals surface area contributed by atoms with Gasteiger partial charge in [0.05, 0.1) is 15.9 Å². The first-order chi connectivity index (χ1) is 10.8. The Morgan fingerprint density at radius 1 is 1.05 bits per heavy atom. The molecule has 110 valence electrons. The molecule has 1 fully saturated rings. The lowest BCUT2D eigenvalue weighted by Gasteiger charge is -2.30. The highest BCUT2D eigenvalue weighted by molar-refractivity contribution is 7.22. The molecule has 1 aliphatic rings. The molecule has 0 unspecified atom stereocenters. The summed E-state index contributed by atoms with van der Waals surface area (Å²) in [6.07, 6.45) is 3.14. The maximum absolute atomic E-state index is 12.9. The molecule has 0 saturated heterocycles. The summed E-state index contributed by atoms with van der Waals surface area (Å²) >= 11 is 1.57. The summed E-state index contributed by atoms with van der Waals surface area (Å²) in [5.74, 6) is 0.323. The number of carbonyl (C=O) groups is 1. The lowest BCUT2D eigenvalue weighted by atomic mass is 9.84. The van der Waals surface area contributed by atoms with Crippen LogP contribution in [0.2, 0.25) is 0 Å². The first-order valence-corrected chi connectivity index (χ1v) is 8.39. The molecule has 0 spiro atoms. The summed E-state index contributed by atoms with van der Waals surface area (Å²) in [7, 11) is 0. The predicted octanol–water partition coefficient (Wildman–Crippen LogP) is 4.76. The van der Waals surface area contributed by atoms with E-state index in [0.717, 1.165) is 40.3 Å². The van der Waals surface area contributed by atoms with Crippen molar-refractivity contribution in [1.29, 1.82) is 0 Å². The molecule has 1 amide bonds. The number of amides is 1. The Balaban J connectivity index is 1.80. The molecule has 0 atom stereocenters. The first-order valence-electron chi connectivity index (χ1n) is 7.57. The van der Waals surface area contributed by atoms with E-state index < -0.39 is 0 Å². The fourth-order valence-electron chi connectivity index (χ4n) is 2.70. The summed E-state index contributed by atoms with van der Waals surface area (Å²) in [6.45, 7) is 0. The lowest BCUT2D eigenvalue weighted by molar-refractivity contribution is -0.123. The largest absolute Gasteiger partial charge is 0.274 e. The normalized spacial score (nSPS) is 14.7. The second-order valence-electron chi connectivity index (χ2n) is 5.60. The number of aromatic nitrogens is 1. The van der Waals surface area contributed by atoms with Crippen LogP contribution in [0.1, 0.15) is 19.3 Å². The van der Waals surface area contributed by atoms with Crippen molar-refractivity contribution in [1.82, 2.24) is 4.98 Å². The zero-order chi connectivity index (χ0) is 14.9. The number of fused-ring (bicyclic) bond motifs is 1. The first kappa shape index (κ1) is 13.5. The third kappa shape index (κ3) is 2.29. The van der Waals surface area contributed by atoms with Crippen molar-refractivity contribution in [3.8, 4) is 0 Å². The zero-order valence-corrected chi connectivity index (χ0v) is 12.9. The Kier molecular flexibility index (Phi) is 3.39. The molecule has 0 radical (unpaired) electrons. The van der Waals surface area contributed by atoms with Gasteiger partial charge in [0.2, 0.25) is 5.91 Å². The van der Waals surface area contributed by atoms with E-state index in [-0.39, 0.29) is 11.8 Å². The number of rotatable bonds is 3. The number of benzene rings is 2. The molecule has 4 heteroatoms. The molecular formula is C18H16N2OS. The maximum atomic E-state index is 12.9. The Morgan fingerprint density at radius 2 is 1.77 bits per heavy atom. The van der Waals surface area contributed by atoms with Crippen molar-refractivity contribution in [2.75, 3.05) is 4.90 Å². The number of para-hydroxylation sites is 2. The zero-order valence-electron chi connectivity index (χ0n) is 12.1. The maximum Gasteiger partial charge on any atom is 0.236 e. The highest BCUT2D eigenvalue weighted by atomic mass is 32.1. The van der Waals surface area contributed by atoms with Gasteiger partial charge in [-0.25, -0.2) is 4.98 Å². The van der Waals surface area contributed by atoms with Gasteiger partial charge in [-0.05, 0) is 37.1 Å². The fourth-order valence-corrected chi connectivity index (χ4v) is 3.69. The molecule has 4 rings (SSSR count). The Labute approximate surface area is 133 Å². The van der Waals surface area contributed by atoms with E-state index in [4.69, 9.17) is 0 Å². The quantitative estimate of drug-likeness (QED) is 0.699. The smallest absolute Gasteiger partial charge is 0.236 e. The third-order valence-electron chi connectivity index (χ3n) is 4.16. The Bertz CT molecular complexity index is 775. The molecule has 2 aromatic carbocycles. The molecule has 1 heterocycles. The molecule has 1 aliphatic carbocycles. The second-order valence-corrected chi connectivity index (χ2v) is 6.61. The minimum Gasteiger partial charge on any atom is -0.274 e. The minimum atomic E-state index is 0.146. The third-order valence-corrected chi connectivity index (χ3v) is 5.18. The van der Waals surface area contributed by atoms with Crippen LogP contribution >= 0.6 is 11.3 Å². The summed E-state index contributed by atoms with van der Waals surface area (Å²) < 4.78 is 1.11. The van der Waals surface area contributed by atoms with Crippen molar-refractivity contribution >= 4 is 38.3 Å². The molecule has 3 aromatic rings. The van der Waals surface area contributed by atoms with Gasteiger partial charge in [-0.1, -0.05) is 48.1 Å². The van der Waals surface area contributed by atoms with Gasteiger partial charge in [0.25, 0.3) is 0 Å². The molecule has 1 aromatic heterocycles. The molecule has 0 bridgehead atoms. The van der Waals surface area contributed by atoms with Crippen LogP contribution in [-0.4, -0.2) is 10.9 Å². The van der Waals surface area contributed by atoms with E-state index in [0.29, 0.717) is 0 Å². The van der Waals surface area contributed by atoms with Gasteiger partial charge in [0.15, 0.2) is 5.13 Å². The van der Waals surface area contributed by atoms with E-state index in [2.05, 4.69) is 4.98 Å². The highest BCUT2D eigenvalue weighted by Crippen LogP contribution is 2.37. The van der Waals surface area contributed by atoms with Crippen LogP contribution in [0, 0.1) is 5.92 Å². The predicted molar refractivity (Wildman–Crippen MR) is 90.5 cm³/mol. The number of hydrogen-bond donors (Lipinski definition) is 0. The second kappa shape index (κ2) is 5.54. The van der Waals surface area contributed by atoms with Crippen molar-refractivity contribution in [3.63, 3.8) is 0 Å². The lowest BCUT2D eigenvalue weighted by Crippen LogP contribution is -2.35. The van der Waals surface area contributed by atoms with E-state index in [1.807, 2.05) is 54.6 Å².